The minimum Gasteiger partial charge on any atom is -0.489 e. The van der Waals surface area contributed by atoms with Gasteiger partial charge in [0.25, 0.3) is 0 Å². The molecule has 1 heterocycles. The summed E-state index contributed by atoms with van der Waals surface area (Å²) in [5, 5.41) is 0.953. The summed E-state index contributed by atoms with van der Waals surface area (Å²) in [5.74, 6) is 0.405. The topological polar surface area (TPSA) is 48.4 Å². The smallest absolute Gasteiger partial charge is 0.333 e. The van der Waals surface area contributed by atoms with E-state index in [9.17, 15) is 4.79 Å². The van der Waals surface area contributed by atoms with Crippen LogP contribution in [0.4, 0.5) is 0 Å². The van der Waals surface area contributed by atoms with Gasteiger partial charge < -0.3 is 9.47 Å². The Labute approximate surface area is 111 Å². The lowest BCUT2D eigenvalue weighted by Crippen LogP contribution is -2.04. The molecule has 2 rings (SSSR count). The summed E-state index contributed by atoms with van der Waals surface area (Å²) in [5.41, 5.74) is 1.41. The molecule has 19 heavy (non-hydrogen) atoms. The molecule has 1 aromatic carbocycles. The summed E-state index contributed by atoms with van der Waals surface area (Å²) < 4.78 is 10.3. The lowest BCUT2D eigenvalue weighted by atomic mass is 10.2. The summed E-state index contributed by atoms with van der Waals surface area (Å²) in [6.45, 7) is 2.01. The highest BCUT2D eigenvalue weighted by Gasteiger charge is 2.04. The average Bonchev–Trinajstić information content (AvgIpc) is 2.46. The molecule has 0 bridgehead atoms. The molecule has 0 spiro atoms. The first kappa shape index (κ1) is 13.1. The van der Waals surface area contributed by atoms with Gasteiger partial charge in [-0.25, -0.2) is 4.79 Å². The minimum atomic E-state index is -0.344. The molecule has 0 saturated carbocycles. The molecule has 0 fully saturated rings. The molecule has 0 unspecified atom stereocenters. The predicted octanol–water partition coefficient (Wildman–Crippen LogP) is 2.73. The molecule has 4 nitrogen and oxygen atoms in total. The van der Waals surface area contributed by atoms with Crippen molar-refractivity contribution in [2.45, 2.75) is 6.92 Å². The molecule has 1 aromatic heterocycles. The van der Waals surface area contributed by atoms with Crippen molar-refractivity contribution < 1.29 is 14.3 Å². The third-order valence-electron chi connectivity index (χ3n) is 2.74. The number of methoxy groups -OCH3 is 1. The SMILES string of the molecule is COC(=O)/C(C)=C/COc1cccc2ncccc12. The van der Waals surface area contributed by atoms with Crippen molar-refractivity contribution in [1.82, 2.24) is 4.98 Å². The maximum absolute atomic E-state index is 11.2. The van der Waals surface area contributed by atoms with Gasteiger partial charge in [-0.1, -0.05) is 6.07 Å². The van der Waals surface area contributed by atoms with E-state index in [1.807, 2.05) is 30.3 Å². The van der Waals surface area contributed by atoms with Crippen molar-refractivity contribution in [1.29, 1.82) is 0 Å². The van der Waals surface area contributed by atoms with Crippen LogP contribution in [-0.4, -0.2) is 24.7 Å². The zero-order valence-corrected chi connectivity index (χ0v) is 10.9. The maximum atomic E-state index is 11.2. The number of ether oxygens (including phenoxy) is 2. The molecule has 0 atom stereocenters. The van der Waals surface area contributed by atoms with Crippen molar-refractivity contribution in [3.05, 3.63) is 48.2 Å². The van der Waals surface area contributed by atoms with E-state index in [0.29, 0.717) is 12.2 Å². The van der Waals surface area contributed by atoms with Crippen molar-refractivity contribution in [2.24, 2.45) is 0 Å². The predicted molar refractivity (Wildman–Crippen MR) is 73.0 cm³/mol. The summed E-state index contributed by atoms with van der Waals surface area (Å²) in [6.07, 6.45) is 3.44. The van der Waals surface area contributed by atoms with Gasteiger partial charge in [0.05, 0.1) is 12.6 Å². The molecular formula is C15H15NO3. The van der Waals surface area contributed by atoms with Crippen molar-refractivity contribution >= 4 is 16.9 Å². The number of fused-ring (bicyclic) bond motifs is 1. The molecule has 0 saturated heterocycles. The van der Waals surface area contributed by atoms with Gasteiger partial charge in [0.15, 0.2) is 0 Å². The number of nitrogens with zero attached hydrogens (tertiary/aromatic N) is 1. The summed E-state index contributed by atoms with van der Waals surface area (Å²) in [7, 11) is 1.36. The standard InChI is InChI=1S/C15H15NO3/c1-11(15(17)18-2)8-10-19-14-7-3-6-13-12(14)5-4-9-16-13/h3-9H,10H2,1-2H3/b11-8+. The third kappa shape index (κ3) is 3.10. The van der Waals surface area contributed by atoms with Gasteiger partial charge in [-0.3, -0.25) is 4.98 Å². The monoisotopic (exact) mass is 257 g/mol. The van der Waals surface area contributed by atoms with Crippen molar-refractivity contribution in [3.8, 4) is 5.75 Å². The summed E-state index contributed by atoms with van der Waals surface area (Å²) in [4.78, 5) is 15.5. The Bertz CT molecular complexity index is 614. The highest BCUT2D eigenvalue weighted by molar-refractivity contribution is 5.87. The average molecular weight is 257 g/mol. The largest absolute Gasteiger partial charge is 0.489 e. The van der Waals surface area contributed by atoms with Crippen molar-refractivity contribution in [3.63, 3.8) is 0 Å². The molecule has 98 valence electrons. The number of carbonyl (C=O) groups is 1. The fraction of sp³-hybridized carbons (Fsp3) is 0.200. The molecule has 2 aromatic rings. The molecule has 0 aliphatic rings. The van der Waals surface area contributed by atoms with Crippen LogP contribution in [0.5, 0.6) is 5.75 Å². The van der Waals surface area contributed by atoms with Crippen LogP contribution in [0.1, 0.15) is 6.92 Å². The van der Waals surface area contributed by atoms with Gasteiger partial charge in [-0.05, 0) is 37.3 Å². The van der Waals surface area contributed by atoms with Crippen LogP contribution >= 0.6 is 0 Å². The van der Waals surface area contributed by atoms with Gasteiger partial charge in [-0.2, -0.15) is 0 Å². The first-order valence-corrected chi connectivity index (χ1v) is 5.94. The second kappa shape index (κ2) is 6.00. The molecule has 4 heteroatoms. The van der Waals surface area contributed by atoms with Crippen LogP contribution in [0, 0.1) is 0 Å². The minimum absolute atomic E-state index is 0.314. The molecule has 0 aliphatic heterocycles. The van der Waals surface area contributed by atoms with E-state index in [-0.39, 0.29) is 5.97 Å². The quantitative estimate of drug-likeness (QED) is 0.624. The maximum Gasteiger partial charge on any atom is 0.333 e. The molecule has 0 radical (unpaired) electrons. The van der Waals surface area contributed by atoms with Crippen LogP contribution in [0.25, 0.3) is 10.9 Å². The van der Waals surface area contributed by atoms with Crippen LogP contribution in [-0.2, 0) is 9.53 Å². The Morgan fingerprint density at radius 2 is 2.16 bits per heavy atom. The Kier molecular flexibility index (Phi) is 4.13. The fourth-order valence-corrected chi connectivity index (χ4v) is 1.70. The highest BCUT2D eigenvalue weighted by Crippen LogP contribution is 2.23. The summed E-state index contributed by atoms with van der Waals surface area (Å²) in [6, 6.07) is 9.52. The zero-order chi connectivity index (χ0) is 13.7. The first-order valence-electron chi connectivity index (χ1n) is 5.94. The second-order valence-electron chi connectivity index (χ2n) is 4.02. The molecule has 0 amide bonds. The lowest BCUT2D eigenvalue weighted by Gasteiger charge is -2.07. The molecule has 0 N–H and O–H groups in total. The van der Waals surface area contributed by atoms with Gasteiger partial charge in [0.2, 0.25) is 0 Å². The van der Waals surface area contributed by atoms with Gasteiger partial charge in [0, 0.05) is 17.2 Å². The number of aromatic nitrogens is 1. The van der Waals surface area contributed by atoms with E-state index in [2.05, 4.69) is 9.72 Å². The zero-order valence-electron chi connectivity index (χ0n) is 10.9. The van der Waals surface area contributed by atoms with E-state index in [0.717, 1.165) is 16.7 Å². The number of esters is 1. The number of carbonyl (C=O) groups excluding carboxylic acids is 1. The van der Waals surface area contributed by atoms with Crippen LogP contribution in [0.15, 0.2) is 48.2 Å². The normalized spacial score (nSPS) is 11.4. The third-order valence-corrected chi connectivity index (χ3v) is 2.74. The van der Waals surface area contributed by atoms with E-state index in [1.165, 1.54) is 7.11 Å². The number of benzene rings is 1. The highest BCUT2D eigenvalue weighted by atomic mass is 16.5. The number of hydrogen-bond donors (Lipinski definition) is 0. The number of rotatable bonds is 4. The first-order chi connectivity index (χ1) is 9.22. The van der Waals surface area contributed by atoms with E-state index < -0.39 is 0 Å². The van der Waals surface area contributed by atoms with E-state index >= 15 is 0 Å². The Morgan fingerprint density at radius 1 is 1.32 bits per heavy atom. The van der Waals surface area contributed by atoms with Crippen LogP contribution in [0.3, 0.4) is 0 Å². The Morgan fingerprint density at radius 3 is 2.95 bits per heavy atom. The van der Waals surface area contributed by atoms with Crippen LogP contribution in [0.2, 0.25) is 0 Å². The molecule has 0 aliphatic carbocycles. The van der Waals surface area contributed by atoms with Gasteiger partial charge >= 0.3 is 5.97 Å². The summed E-state index contributed by atoms with van der Waals surface area (Å²) >= 11 is 0. The molecular weight excluding hydrogens is 242 g/mol. The van der Waals surface area contributed by atoms with Gasteiger partial charge in [-0.15, -0.1) is 0 Å². The van der Waals surface area contributed by atoms with Gasteiger partial charge in [0.1, 0.15) is 12.4 Å². The number of hydrogen-bond acceptors (Lipinski definition) is 4. The Balaban J connectivity index is 2.12. The van der Waals surface area contributed by atoms with E-state index in [1.54, 1.807) is 19.2 Å². The Hall–Kier alpha value is -2.36. The van der Waals surface area contributed by atoms with Crippen LogP contribution < -0.4 is 4.74 Å². The fourth-order valence-electron chi connectivity index (χ4n) is 1.70. The van der Waals surface area contributed by atoms with E-state index in [4.69, 9.17) is 4.74 Å². The second-order valence-corrected chi connectivity index (χ2v) is 4.02. The van der Waals surface area contributed by atoms with Crippen molar-refractivity contribution in [2.75, 3.05) is 13.7 Å². The lowest BCUT2D eigenvalue weighted by molar-refractivity contribution is -0.136. The number of pyridine rings is 1.